The Hall–Kier alpha value is -0.410. The van der Waals surface area contributed by atoms with Crippen molar-refractivity contribution in [3.05, 3.63) is 0 Å². The van der Waals surface area contributed by atoms with E-state index in [2.05, 4.69) is 81.9 Å². The van der Waals surface area contributed by atoms with Crippen LogP contribution >= 0.6 is 0 Å². The summed E-state index contributed by atoms with van der Waals surface area (Å²) in [5.41, 5.74) is 0.796. The maximum atomic E-state index is 12.1. The molecule has 0 aromatic rings. The first kappa shape index (κ1) is 38.8. The fraction of sp³-hybridized carbons (Fsp3) is 1.00. The van der Waals surface area contributed by atoms with E-state index in [4.69, 9.17) is 0 Å². The first-order valence-corrected chi connectivity index (χ1v) is 17.7. The molecule has 8 heteroatoms. The zero-order valence-electron chi connectivity index (χ0n) is 30.0. The van der Waals surface area contributed by atoms with Gasteiger partial charge >= 0.3 is 0 Å². The zero-order chi connectivity index (χ0) is 32.5. The maximum absolute atomic E-state index is 12.1. The maximum Gasteiger partial charge on any atom is 0.272 e. The lowest BCUT2D eigenvalue weighted by molar-refractivity contribution is -0.141. The van der Waals surface area contributed by atoms with Crippen molar-refractivity contribution in [1.29, 1.82) is 0 Å². The summed E-state index contributed by atoms with van der Waals surface area (Å²) in [6.07, 6.45) is 6.86. The SMILES string of the molecule is CC(C)N1CC(F)(F)C1.CC(C)N1CC(F)C1.CC(C)N1CCC1.CC(C)N1CCC2(CCC2)C1.CC1CN(C(C)C)C1. The highest BCUT2D eigenvalue weighted by atomic mass is 19.3. The average molecular weight is 618 g/mol. The molecule has 43 heavy (non-hydrogen) atoms. The summed E-state index contributed by atoms with van der Waals surface area (Å²) < 4.78 is 36.3. The van der Waals surface area contributed by atoms with Crippen molar-refractivity contribution in [3.63, 3.8) is 0 Å². The van der Waals surface area contributed by atoms with Crippen LogP contribution in [-0.4, -0.2) is 132 Å². The Morgan fingerprint density at radius 1 is 0.512 bits per heavy atom. The molecule has 0 radical (unpaired) electrons. The van der Waals surface area contributed by atoms with Gasteiger partial charge in [0.2, 0.25) is 0 Å². The van der Waals surface area contributed by atoms with Gasteiger partial charge in [0.1, 0.15) is 6.17 Å². The van der Waals surface area contributed by atoms with E-state index in [0.717, 1.165) is 29.5 Å². The van der Waals surface area contributed by atoms with Crippen molar-refractivity contribution in [2.24, 2.45) is 11.3 Å². The lowest BCUT2D eigenvalue weighted by Gasteiger charge is -2.41. The molecule has 5 saturated heterocycles. The molecule has 1 aliphatic carbocycles. The average Bonchev–Trinajstić information content (AvgIpc) is 3.25. The molecule has 0 amide bonds. The molecule has 0 aromatic carbocycles. The van der Waals surface area contributed by atoms with Crippen LogP contribution in [0.3, 0.4) is 0 Å². The highest BCUT2D eigenvalue weighted by Gasteiger charge is 2.44. The summed E-state index contributed by atoms with van der Waals surface area (Å²) in [7, 11) is 0. The van der Waals surface area contributed by atoms with E-state index in [9.17, 15) is 13.2 Å². The monoisotopic (exact) mass is 618 g/mol. The molecule has 6 rings (SSSR count). The molecule has 0 unspecified atom stereocenters. The van der Waals surface area contributed by atoms with Gasteiger partial charge in [-0.2, -0.15) is 0 Å². The van der Waals surface area contributed by atoms with Crippen LogP contribution < -0.4 is 0 Å². The first-order valence-electron chi connectivity index (χ1n) is 17.7. The van der Waals surface area contributed by atoms with Crippen LogP contribution in [-0.2, 0) is 0 Å². The van der Waals surface area contributed by atoms with Crippen LogP contribution in [0.2, 0.25) is 0 Å². The van der Waals surface area contributed by atoms with Gasteiger partial charge in [0.15, 0.2) is 0 Å². The third-order valence-corrected chi connectivity index (χ3v) is 10.3. The van der Waals surface area contributed by atoms with Crippen LogP contribution in [0, 0.1) is 11.3 Å². The van der Waals surface area contributed by atoms with Crippen molar-refractivity contribution in [1.82, 2.24) is 24.5 Å². The molecule has 1 saturated carbocycles. The van der Waals surface area contributed by atoms with Gasteiger partial charge in [-0.15, -0.1) is 0 Å². The van der Waals surface area contributed by atoms with Crippen molar-refractivity contribution < 1.29 is 13.2 Å². The molecular weight excluding hydrogens is 547 g/mol. The van der Waals surface area contributed by atoms with Gasteiger partial charge in [-0.05, 0) is 126 Å². The predicted octanol–water partition coefficient (Wildman–Crippen LogP) is 7.11. The van der Waals surface area contributed by atoms with Gasteiger partial charge in [0.25, 0.3) is 5.92 Å². The van der Waals surface area contributed by atoms with Crippen molar-refractivity contribution in [3.8, 4) is 0 Å². The van der Waals surface area contributed by atoms with Crippen LogP contribution in [0.4, 0.5) is 13.2 Å². The molecule has 0 N–H and O–H groups in total. The smallest absolute Gasteiger partial charge is 0.272 e. The fourth-order valence-electron chi connectivity index (χ4n) is 6.31. The molecular formula is C35H70F3N5. The molecule has 5 aliphatic heterocycles. The summed E-state index contributed by atoms with van der Waals surface area (Å²) in [6, 6.07) is 3.13. The summed E-state index contributed by atoms with van der Waals surface area (Å²) >= 11 is 0. The third-order valence-electron chi connectivity index (χ3n) is 10.3. The summed E-state index contributed by atoms with van der Waals surface area (Å²) in [5, 5.41) is 0. The number of alkyl halides is 3. The highest BCUT2D eigenvalue weighted by molar-refractivity contribution is 4.96. The number of hydrogen-bond acceptors (Lipinski definition) is 5. The summed E-state index contributed by atoms with van der Waals surface area (Å²) in [5.74, 6) is -1.44. The van der Waals surface area contributed by atoms with Crippen molar-refractivity contribution >= 4 is 0 Å². The minimum Gasteiger partial charge on any atom is -0.301 e. The molecule has 6 fully saturated rings. The standard InChI is InChI=1S/C10H19N.C7H15N.C6H11F2N.C6H12FN.C6H13N/c1-9(2)11-7-6-10(8-11)4-3-5-10;1-6(2)8-4-7(3)5-8;1-5(2)9-3-6(7,8)4-9;1-5(2)8-3-6(7)4-8;1-6(2)7-4-3-5-7/h9H,3-8H2,1-2H3;6-7H,4-5H2,1-3H3;5H,3-4H2,1-2H3;5-6H,3-4H2,1-2H3;6H,3-5H2,1-2H3. The largest absolute Gasteiger partial charge is 0.301 e. The Bertz CT molecular complexity index is 725. The van der Waals surface area contributed by atoms with Gasteiger partial charge in [-0.3, -0.25) is 9.80 Å². The second-order valence-electron chi connectivity index (χ2n) is 15.8. The van der Waals surface area contributed by atoms with E-state index in [0.29, 0.717) is 19.1 Å². The number of hydrogen-bond donors (Lipinski definition) is 0. The Labute approximate surface area is 264 Å². The van der Waals surface area contributed by atoms with Crippen molar-refractivity contribution in [2.45, 2.75) is 151 Å². The van der Waals surface area contributed by atoms with Crippen LogP contribution in [0.1, 0.15) is 108 Å². The molecule has 0 bridgehead atoms. The number of likely N-dealkylation sites (tertiary alicyclic amines) is 5. The van der Waals surface area contributed by atoms with E-state index in [1.807, 2.05) is 13.8 Å². The Kier molecular flexibility index (Phi) is 15.8. The second kappa shape index (κ2) is 17.5. The lowest BCUT2D eigenvalue weighted by Crippen LogP contribution is -2.58. The normalized spacial score (nSPS) is 25.7. The third kappa shape index (κ3) is 13.1. The topological polar surface area (TPSA) is 16.2 Å². The van der Waals surface area contributed by atoms with Crippen LogP contribution in [0.15, 0.2) is 0 Å². The van der Waals surface area contributed by atoms with Crippen LogP contribution in [0.25, 0.3) is 0 Å². The summed E-state index contributed by atoms with van der Waals surface area (Å²) in [6.45, 7) is 33.2. The number of rotatable bonds is 5. The lowest BCUT2D eigenvalue weighted by atomic mass is 9.68. The quantitative estimate of drug-likeness (QED) is 0.326. The van der Waals surface area contributed by atoms with E-state index in [1.54, 1.807) is 4.90 Å². The molecule has 5 nitrogen and oxygen atoms in total. The number of nitrogens with zero attached hydrogens (tertiary/aromatic N) is 5. The van der Waals surface area contributed by atoms with Gasteiger partial charge in [-0.1, -0.05) is 13.3 Å². The highest BCUT2D eigenvalue weighted by Crippen LogP contribution is 2.48. The Balaban J connectivity index is 0.000000189. The first-order chi connectivity index (χ1) is 19.9. The van der Waals surface area contributed by atoms with E-state index < -0.39 is 12.1 Å². The van der Waals surface area contributed by atoms with E-state index in [1.165, 1.54) is 71.4 Å². The Morgan fingerprint density at radius 3 is 1.09 bits per heavy atom. The molecule has 0 atom stereocenters. The van der Waals surface area contributed by atoms with Crippen molar-refractivity contribution in [2.75, 3.05) is 65.4 Å². The van der Waals surface area contributed by atoms with Gasteiger partial charge < -0.3 is 14.7 Å². The van der Waals surface area contributed by atoms with Gasteiger partial charge in [0, 0.05) is 62.9 Å². The number of halogens is 3. The second-order valence-corrected chi connectivity index (χ2v) is 15.8. The van der Waals surface area contributed by atoms with E-state index in [-0.39, 0.29) is 19.1 Å². The van der Waals surface area contributed by atoms with E-state index >= 15 is 0 Å². The molecule has 6 aliphatic rings. The summed E-state index contributed by atoms with van der Waals surface area (Å²) in [4.78, 5) is 11.5. The fourth-order valence-corrected chi connectivity index (χ4v) is 6.31. The molecule has 1 spiro atoms. The molecule has 0 aromatic heterocycles. The molecule has 256 valence electrons. The van der Waals surface area contributed by atoms with Crippen LogP contribution in [0.5, 0.6) is 0 Å². The molecule has 5 heterocycles. The minimum absolute atomic E-state index is 0.0509. The minimum atomic E-state index is -2.40. The predicted molar refractivity (Wildman–Crippen MR) is 178 cm³/mol. The van der Waals surface area contributed by atoms with Gasteiger partial charge in [-0.25, -0.2) is 13.2 Å². The van der Waals surface area contributed by atoms with Gasteiger partial charge in [0.05, 0.1) is 13.1 Å². The zero-order valence-corrected chi connectivity index (χ0v) is 30.0. The Morgan fingerprint density at radius 2 is 0.953 bits per heavy atom.